The number of anilines is 1. The Kier molecular flexibility index (Phi) is 5.03. The van der Waals surface area contributed by atoms with Gasteiger partial charge in [0.15, 0.2) is 0 Å². The van der Waals surface area contributed by atoms with E-state index in [2.05, 4.69) is 83.8 Å². The summed E-state index contributed by atoms with van der Waals surface area (Å²) >= 11 is 0. The minimum Gasteiger partial charge on any atom is -0.396 e. The number of aliphatic hydroxyl groups is 1. The third kappa shape index (κ3) is 3.38. The van der Waals surface area contributed by atoms with Crippen molar-refractivity contribution in [1.29, 1.82) is 0 Å². The second-order valence-corrected chi connectivity index (χ2v) is 7.05. The average Bonchev–Trinajstić information content (AvgIpc) is 2.73. The Morgan fingerprint density at radius 1 is 0.846 bits per heavy atom. The van der Waals surface area contributed by atoms with Gasteiger partial charge in [0.25, 0.3) is 0 Å². The number of aliphatic hydroxyl groups excluding tert-OH is 1. The lowest BCUT2D eigenvalue weighted by Gasteiger charge is -2.43. The maximum atomic E-state index is 10.3. The lowest BCUT2D eigenvalue weighted by atomic mass is 9.81. The molecule has 0 amide bonds. The lowest BCUT2D eigenvalue weighted by Crippen LogP contribution is -2.41. The predicted molar refractivity (Wildman–Crippen MR) is 107 cm³/mol. The number of para-hydroxylation sites is 1. The van der Waals surface area contributed by atoms with Gasteiger partial charge in [0.1, 0.15) is 0 Å². The molecule has 0 unspecified atom stereocenters. The van der Waals surface area contributed by atoms with Gasteiger partial charge in [-0.3, -0.25) is 0 Å². The van der Waals surface area contributed by atoms with E-state index in [4.69, 9.17) is 0 Å². The van der Waals surface area contributed by atoms with Gasteiger partial charge in [0.2, 0.25) is 0 Å². The third-order valence-corrected chi connectivity index (χ3v) is 5.44. The molecule has 1 heterocycles. The fourth-order valence-corrected chi connectivity index (χ4v) is 4.21. The van der Waals surface area contributed by atoms with Gasteiger partial charge < -0.3 is 10.0 Å². The Hall–Kier alpha value is -2.58. The van der Waals surface area contributed by atoms with Gasteiger partial charge in [-0.25, -0.2) is 0 Å². The molecular formula is C24H25NO. The van der Waals surface area contributed by atoms with E-state index in [1.807, 2.05) is 6.07 Å². The standard InChI is InChI=1S/C24H25NO/c26-18-21(17-19-9-3-1-4-10-19)24-23-14-8-7-11-20(23)15-16-25(24)22-12-5-2-6-13-22/h1-14,21,24,26H,15-18H2/t21-,24-/m0/s1. The fraction of sp³-hybridized carbons (Fsp3) is 0.250. The Bertz CT molecular complexity index is 831. The van der Waals surface area contributed by atoms with Crippen molar-refractivity contribution in [2.24, 2.45) is 5.92 Å². The molecular weight excluding hydrogens is 318 g/mol. The molecule has 0 saturated carbocycles. The minimum absolute atomic E-state index is 0.152. The Morgan fingerprint density at radius 3 is 2.23 bits per heavy atom. The van der Waals surface area contributed by atoms with E-state index in [0.717, 1.165) is 19.4 Å². The van der Waals surface area contributed by atoms with Gasteiger partial charge in [-0.05, 0) is 41.7 Å². The van der Waals surface area contributed by atoms with Crippen molar-refractivity contribution < 1.29 is 5.11 Å². The van der Waals surface area contributed by atoms with E-state index in [9.17, 15) is 5.11 Å². The monoisotopic (exact) mass is 343 g/mol. The smallest absolute Gasteiger partial charge is 0.0598 e. The molecule has 2 atom stereocenters. The molecule has 1 N–H and O–H groups in total. The molecule has 26 heavy (non-hydrogen) atoms. The van der Waals surface area contributed by atoms with Crippen molar-refractivity contribution >= 4 is 5.69 Å². The van der Waals surface area contributed by atoms with Crippen LogP contribution in [0.25, 0.3) is 0 Å². The van der Waals surface area contributed by atoms with Crippen LogP contribution in [0.5, 0.6) is 0 Å². The fourth-order valence-electron chi connectivity index (χ4n) is 4.21. The summed E-state index contributed by atoms with van der Waals surface area (Å²) in [6.07, 6.45) is 1.92. The SMILES string of the molecule is OC[C@H](Cc1ccccc1)[C@H]1c2ccccc2CCN1c1ccccc1. The molecule has 0 saturated heterocycles. The number of hydrogen-bond acceptors (Lipinski definition) is 2. The van der Waals surface area contributed by atoms with Gasteiger partial charge in [-0.15, -0.1) is 0 Å². The maximum absolute atomic E-state index is 10.3. The van der Waals surface area contributed by atoms with Crippen LogP contribution in [0.2, 0.25) is 0 Å². The summed E-state index contributed by atoms with van der Waals surface area (Å²) in [6.45, 7) is 1.16. The normalized spacial score (nSPS) is 17.6. The van der Waals surface area contributed by atoms with Gasteiger partial charge >= 0.3 is 0 Å². The van der Waals surface area contributed by atoms with Gasteiger partial charge in [0, 0.05) is 24.8 Å². The van der Waals surface area contributed by atoms with Crippen molar-refractivity contribution in [1.82, 2.24) is 0 Å². The first-order valence-corrected chi connectivity index (χ1v) is 9.41. The number of nitrogens with zero attached hydrogens (tertiary/aromatic N) is 1. The molecule has 0 bridgehead atoms. The first-order valence-electron chi connectivity index (χ1n) is 9.41. The molecule has 2 nitrogen and oxygen atoms in total. The predicted octanol–water partition coefficient (Wildman–Crippen LogP) is 4.64. The third-order valence-electron chi connectivity index (χ3n) is 5.44. The molecule has 2 heteroatoms. The molecule has 132 valence electrons. The summed E-state index contributed by atoms with van der Waals surface area (Å²) in [4.78, 5) is 2.48. The zero-order valence-corrected chi connectivity index (χ0v) is 15.0. The molecule has 0 aliphatic carbocycles. The number of fused-ring (bicyclic) bond motifs is 1. The highest BCUT2D eigenvalue weighted by atomic mass is 16.3. The number of hydrogen-bond donors (Lipinski definition) is 1. The molecule has 0 radical (unpaired) electrons. The van der Waals surface area contributed by atoms with Crippen molar-refractivity contribution in [3.05, 3.63) is 102 Å². The molecule has 4 rings (SSSR count). The number of benzene rings is 3. The first-order chi connectivity index (χ1) is 12.9. The van der Waals surface area contributed by atoms with Crippen molar-refractivity contribution in [2.75, 3.05) is 18.1 Å². The van der Waals surface area contributed by atoms with Gasteiger partial charge in [0.05, 0.1) is 6.04 Å². The van der Waals surface area contributed by atoms with Crippen molar-refractivity contribution in [3.8, 4) is 0 Å². The van der Waals surface area contributed by atoms with Crippen LogP contribution in [-0.2, 0) is 12.8 Å². The van der Waals surface area contributed by atoms with E-state index in [1.165, 1.54) is 22.4 Å². The largest absolute Gasteiger partial charge is 0.396 e. The Morgan fingerprint density at radius 2 is 1.50 bits per heavy atom. The molecule has 0 fully saturated rings. The highest BCUT2D eigenvalue weighted by Crippen LogP contribution is 2.39. The van der Waals surface area contributed by atoms with Crippen LogP contribution in [-0.4, -0.2) is 18.3 Å². The second kappa shape index (κ2) is 7.76. The number of rotatable bonds is 5. The van der Waals surface area contributed by atoms with Crippen molar-refractivity contribution in [2.45, 2.75) is 18.9 Å². The summed E-state index contributed by atoms with van der Waals surface area (Å²) in [5.41, 5.74) is 5.29. The van der Waals surface area contributed by atoms with Gasteiger partial charge in [-0.1, -0.05) is 72.8 Å². The first kappa shape index (κ1) is 16.9. The maximum Gasteiger partial charge on any atom is 0.0598 e. The Balaban J connectivity index is 1.74. The highest BCUT2D eigenvalue weighted by Gasteiger charge is 2.33. The van der Waals surface area contributed by atoms with E-state index < -0.39 is 0 Å². The van der Waals surface area contributed by atoms with Crippen LogP contribution in [0.4, 0.5) is 5.69 Å². The average molecular weight is 343 g/mol. The lowest BCUT2D eigenvalue weighted by molar-refractivity contribution is 0.197. The molecule has 1 aliphatic rings. The Labute approximate surface area is 155 Å². The molecule has 0 spiro atoms. The van der Waals surface area contributed by atoms with E-state index in [0.29, 0.717) is 0 Å². The zero-order chi connectivity index (χ0) is 17.8. The second-order valence-electron chi connectivity index (χ2n) is 7.05. The van der Waals surface area contributed by atoms with E-state index >= 15 is 0 Å². The van der Waals surface area contributed by atoms with Crippen LogP contribution in [0.3, 0.4) is 0 Å². The van der Waals surface area contributed by atoms with Crippen LogP contribution < -0.4 is 4.90 Å². The quantitative estimate of drug-likeness (QED) is 0.729. The molecule has 0 aromatic heterocycles. The molecule has 1 aliphatic heterocycles. The van der Waals surface area contributed by atoms with Crippen LogP contribution in [0.1, 0.15) is 22.7 Å². The zero-order valence-electron chi connectivity index (χ0n) is 15.0. The summed E-state index contributed by atoms with van der Waals surface area (Å²) in [7, 11) is 0. The van der Waals surface area contributed by atoms with Crippen molar-refractivity contribution in [3.63, 3.8) is 0 Å². The van der Waals surface area contributed by atoms with E-state index in [1.54, 1.807) is 0 Å². The summed E-state index contributed by atoms with van der Waals surface area (Å²) in [6, 6.07) is 30.0. The molecule has 3 aromatic rings. The topological polar surface area (TPSA) is 23.5 Å². The minimum atomic E-state index is 0.152. The van der Waals surface area contributed by atoms with Crippen LogP contribution >= 0.6 is 0 Å². The highest BCUT2D eigenvalue weighted by molar-refractivity contribution is 5.52. The molecule has 3 aromatic carbocycles. The summed E-state index contributed by atoms with van der Waals surface area (Å²) in [5, 5.41) is 10.3. The van der Waals surface area contributed by atoms with Crippen LogP contribution in [0.15, 0.2) is 84.9 Å². The summed E-state index contributed by atoms with van der Waals surface area (Å²) in [5.74, 6) is 0.152. The summed E-state index contributed by atoms with van der Waals surface area (Å²) < 4.78 is 0. The van der Waals surface area contributed by atoms with Crippen LogP contribution in [0, 0.1) is 5.92 Å². The van der Waals surface area contributed by atoms with E-state index in [-0.39, 0.29) is 18.6 Å². The van der Waals surface area contributed by atoms with Gasteiger partial charge in [-0.2, -0.15) is 0 Å².